The molecule has 0 aromatic carbocycles. The van der Waals surface area contributed by atoms with Crippen LogP contribution < -0.4 is 5.32 Å². The molecule has 1 N–H and O–H groups in total. The summed E-state index contributed by atoms with van der Waals surface area (Å²) in [6.07, 6.45) is 5.13. The van der Waals surface area contributed by atoms with Crippen molar-refractivity contribution in [2.24, 2.45) is 0 Å². The molecule has 0 radical (unpaired) electrons. The summed E-state index contributed by atoms with van der Waals surface area (Å²) >= 11 is 0. The van der Waals surface area contributed by atoms with Crippen molar-refractivity contribution in [2.45, 2.75) is 71.1 Å². The Kier molecular flexibility index (Phi) is 6.45. The fraction of sp³-hybridized carbons (Fsp3) is 1.00. The molecule has 0 saturated carbocycles. The van der Waals surface area contributed by atoms with Crippen LogP contribution in [0, 0.1) is 0 Å². The van der Waals surface area contributed by atoms with Gasteiger partial charge in [0, 0.05) is 25.8 Å². The lowest BCUT2D eigenvalue weighted by molar-refractivity contribution is -0.0266. The van der Waals surface area contributed by atoms with Gasteiger partial charge in [-0.25, -0.2) is 0 Å². The van der Waals surface area contributed by atoms with Crippen molar-refractivity contribution in [1.82, 2.24) is 5.32 Å². The van der Waals surface area contributed by atoms with Gasteiger partial charge < -0.3 is 14.8 Å². The normalized spacial score (nSPS) is 26.1. The smallest absolute Gasteiger partial charge is 0.0750 e. The maximum absolute atomic E-state index is 5.76. The highest BCUT2D eigenvalue weighted by atomic mass is 16.5. The number of ether oxygens (including phenoxy) is 2. The van der Waals surface area contributed by atoms with E-state index in [1.54, 1.807) is 0 Å². The van der Waals surface area contributed by atoms with E-state index in [9.17, 15) is 0 Å². The molecule has 3 nitrogen and oxygen atoms in total. The van der Waals surface area contributed by atoms with E-state index < -0.39 is 0 Å². The summed E-state index contributed by atoms with van der Waals surface area (Å²) in [6, 6.07) is 0.597. The van der Waals surface area contributed by atoms with Gasteiger partial charge in [-0.2, -0.15) is 0 Å². The topological polar surface area (TPSA) is 30.5 Å². The van der Waals surface area contributed by atoms with Crippen LogP contribution in [0.25, 0.3) is 0 Å². The van der Waals surface area contributed by atoms with Crippen molar-refractivity contribution >= 4 is 0 Å². The SMILES string of the molecule is CCCC1CC(NCC(C)(C)OCC)CCO1. The van der Waals surface area contributed by atoms with Gasteiger partial charge in [0.2, 0.25) is 0 Å². The number of nitrogens with one attached hydrogen (secondary N) is 1. The third-order valence-corrected chi connectivity index (χ3v) is 3.33. The van der Waals surface area contributed by atoms with Crippen molar-refractivity contribution in [1.29, 1.82) is 0 Å². The van der Waals surface area contributed by atoms with Gasteiger partial charge in [0.1, 0.15) is 0 Å². The van der Waals surface area contributed by atoms with Gasteiger partial charge in [-0.3, -0.25) is 0 Å². The fourth-order valence-electron chi connectivity index (χ4n) is 2.42. The van der Waals surface area contributed by atoms with Gasteiger partial charge in [-0.15, -0.1) is 0 Å². The van der Waals surface area contributed by atoms with Crippen molar-refractivity contribution in [3.8, 4) is 0 Å². The number of hydrogen-bond acceptors (Lipinski definition) is 3. The minimum Gasteiger partial charge on any atom is -0.378 e. The molecule has 0 aromatic heterocycles. The molecule has 2 atom stereocenters. The summed E-state index contributed by atoms with van der Waals surface area (Å²) < 4.78 is 11.5. The summed E-state index contributed by atoms with van der Waals surface area (Å²) in [4.78, 5) is 0. The van der Waals surface area contributed by atoms with Crippen LogP contribution in [0.4, 0.5) is 0 Å². The molecule has 2 unspecified atom stereocenters. The van der Waals surface area contributed by atoms with Gasteiger partial charge in [0.05, 0.1) is 11.7 Å². The second kappa shape index (κ2) is 7.34. The first-order valence-electron chi connectivity index (χ1n) is 7.06. The van der Waals surface area contributed by atoms with Crippen molar-refractivity contribution < 1.29 is 9.47 Å². The highest BCUT2D eigenvalue weighted by molar-refractivity contribution is 4.80. The van der Waals surface area contributed by atoms with E-state index in [-0.39, 0.29) is 5.60 Å². The lowest BCUT2D eigenvalue weighted by Gasteiger charge is -2.33. The summed E-state index contributed by atoms with van der Waals surface area (Å²) in [5.74, 6) is 0. The molecular formula is C14H29NO2. The third-order valence-electron chi connectivity index (χ3n) is 3.33. The minimum atomic E-state index is -0.0622. The summed E-state index contributed by atoms with van der Waals surface area (Å²) in [6.45, 7) is 11.2. The molecule has 102 valence electrons. The van der Waals surface area contributed by atoms with Crippen LogP contribution in [-0.2, 0) is 9.47 Å². The quantitative estimate of drug-likeness (QED) is 0.746. The molecule has 17 heavy (non-hydrogen) atoms. The van der Waals surface area contributed by atoms with Gasteiger partial charge in [-0.1, -0.05) is 13.3 Å². The Morgan fingerprint density at radius 2 is 2.12 bits per heavy atom. The molecule has 1 rings (SSSR count). The van der Waals surface area contributed by atoms with E-state index in [2.05, 4.69) is 26.1 Å². The van der Waals surface area contributed by atoms with Crippen LogP contribution in [0.5, 0.6) is 0 Å². The molecule has 1 aliphatic heterocycles. The molecule has 1 fully saturated rings. The van der Waals surface area contributed by atoms with Crippen LogP contribution >= 0.6 is 0 Å². The highest BCUT2D eigenvalue weighted by Gasteiger charge is 2.24. The first kappa shape index (κ1) is 14.9. The first-order chi connectivity index (χ1) is 8.07. The average Bonchev–Trinajstić information content (AvgIpc) is 2.28. The van der Waals surface area contributed by atoms with Gasteiger partial charge in [0.25, 0.3) is 0 Å². The van der Waals surface area contributed by atoms with Gasteiger partial charge in [0.15, 0.2) is 0 Å². The lowest BCUT2D eigenvalue weighted by atomic mass is 9.99. The Bertz CT molecular complexity index is 204. The van der Waals surface area contributed by atoms with Gasteiger partial charge >= 0.3 is 0 Å². The van der Waals surface area contributed by atoms with Crippen LogP contribution in [0.3, 0.4) is 0 Å². The van der Waals surface area contributed by atoms with Gasteiger partial charge in [-0.05, 0) is 40.0 Å². The maximum atomic E-state index is 5.76. The van der Waals surface area contributed by atoms with Crippen molar-refractivity contribution in [3.05, 3.63) is 0 Å². The first-order valence-corrected chi connectivity index (χ1v) is 7.06. The third kappa shape index (κ3) is 5.84. The largest absolute Gasteiger partial charge is 0.378 e. The molecule has 0 aliphatic carbocycles. The van der Waals surface area contributed by atoms with E-state index >= 15 is 0 Å². The second-order valence-electron chi connectivity index (χ2n) is 5.58. The monoisotopic (exact) mass is 243 g/mol. The molecule has 1 saturated heterocycles. The van der Waals surface area contributed by atoms with Crippen LogP contribution in [-0.4, -0.2) is 37.5 Å². The lowest BCUT2D eigenvalue weighted by Crippen LogP contribution is -2.46. The average molecular weight is 243 g/mol. The molecule has 0 bridgehead atoms. The van der Waals surface area contributed by atoms with Crippen molar-refractivity contribution in [2.75, 3.05) is 19.8 Å². The Hall–Kier alpha value is -0.120. The summed E-state index contributed by atoms with van der Waals surface area (Å²) in [5.41, 5.74) is -0.0622. The zero-order chi connectivity index (χ0) is 12.7. The molecule has 0 amide bonds. The number of rotatable bonds is 7. The molecule has 1 aliphatic rings. The Morgan fingerprint density at radius 1 is 1.35 bits per heavy atom. The van der Waals surface area contributed by atoms with Crippen LogP contribution in [0.15, 0.2) is 0 Å². The summed E-state index contributed by atoms with van der Waals surface area (Å²) in [5, 5.41) is 3.63. The number of hydrogen-bond donors (Lipinski definition) is 1. The van der Waals surface area contributed by atoms with E-state index in [1.807, 2.05) is 6.92 Å². The molecule has 1 heterocycles. The van der Waals surface area contributed by atoms with Crippen LogP contribution in [0.2, 0.25) is 0 Å². The standard InChI is InChI=1S/C14H29NO2/c1-5-7-13-10-12(8-9-16-13)15-11-14(3,4)17-6-2/h12-13,15H,5-11H2,1-4H3. The molecule has 0 aromatic rings. The Balaban J connectivity index is 2.26. The van der Waals surface area contributed by atoms with Crippen LogP contribution in [0.1, 0.15) is 53.4 Å². The molecular weight excluding hydrogens is 214 g/mol. The van der Waals surface area contributed by atoms with E-state index in [0.29, 0.717) is 12.1 Å². The summed E-state index contributed by atoms with van der Waals surface area (Å²) in [7, 11) is 0. The zero-order valence-electron chi connectivity index (χ0n) is 11.9. The van der Waals surface area contributed by atoms with E-state index in [1.165, 1.54) is 12.8 Å². The van der Waals surface area contributed by atoms with E-state index in [4.69, 9.17) is 9.47 Å². The highest BCUT2D eigenvalue weighted by Crippen LogP contribution is 2.18. The van der Waals surface area contributed by atoms with E-state index in [0.717, 1.165) is 32.6 Å². The maximum Gasteiger partial charge on any atom is 0.0750 e. The Labute approximate surface area is 106 Å². The fourth-order valence-corrected chi connectivity index (χ4v) is 2.42. The Morgan fingerprint density at radius 3 is 2.76 bits per heavy atom. The predicted molar refractivity (Wildman–Crippen MR) is 71.4 cm³/mol. The molecule has 3 heteroatoms. The second-order valence-corrected chi connectivity index (χ2v) is 5.58. The predicted octanol–water partition coefficient (Wildman–Crippen LogP) is 2.74. The zero-order valence-corrected chi connectivity index (χ0v) is 11.9. The minimum absolute atomic E-state index is 0.0622. The molecule has 0 spiro atoms. The van der Waals surface area contributed by atoms with Crippen molar-refractivity contribution in [3.63, 3.8) is 0 Å².